The summed E-state index contributed by atoms with van der Waals surface area (Å²) in [5, 5.41) is 11.5. The predicted molar refractivity (Wildman–Crippen MR) is 77.0 cm³/mol. The van der Waals surface area contributed by atoms with Gasteiger partial charge in [0.15, 0.2) is 0 Å². The van der Waals surface area contributed by atoms with Gasteiger partial charge in [-0.1, -0.05) is 54.2 Å². The number of hydrogen-bond acceptors (Lipinski definition) is 4. The summed E-state index contributed by atoms with van der Waals surface area (Å²) >= 11 is 5.61. The molecule has 0 aliphatic carbocycles. The van der Waals surface area contributed by atoms with Gasteiger partial charge in [-0.05, 0) is 11.1 Å². The van der Waals surface area contributed by atoms with Gasteiger partial charge in [-0.15, -0.1) is 0 Å². The van der Waals surface area contributed by atoms with E-state index in [1.807, 2.05) is 6.08 Å². The lowest BCUT2D eigenvalue weighted by Crippen LogP contribution is -2.02. The number of allylic oxidation sites excluding steroid dienone is 2. The number of rotatable bonds is 7. The Morgan fingerprint density at radius 1 is 1.47 bits per heavy atom. The maximum Gasteiger partial charge on any atom is 0.213 e. The van der Waals surface area contributed by atoms with Crippen LogP contribution in [0.25, 0.3) is 0 Å². The minimum atomic E-state index is 0.110. The topological polar surface area (TPSA) is 54.7 Å². The zero-order valence-electron chi connectivity index (χ0n) is 10.4. The Hall–Kier alpha value is -2.07. The van der Waals surface area contributed by atoms with Gasteiger partial charge in [-0.25, -0.2) is 4.98 Å². The maximum atomic E-state index is 8.46. The molecule has 0 radical (unpaired) electrons. The van der Waals surface area contributed by atoms with Crippen LogP contribution in [0.1, 0.15) is 5.56 Å². The Bertz CT molecular complexity index is 493. The summed E-state index contributed by atoms with van der Waals surface area (Å²) < 4.78 is 5.49. The number of ether oxygens (including phenoxy) is 1. The third-order valence-corrected chi connectivity index (χ3v) is 2.45. The standard InChI is InChI=1S/C14H15ClN2O2/c1-3-5-11(4-2)10-19-14-7-6-12(9-16-14)8-13(15)17-18/h3-7,9,18H,1-2,8,10H2/b11-5+,17-13-. The Balaban J connectivity index is 2.59. The molecule has 0 amide bonds. The van der Waals surface area contributed by atoms with E-state index in [1.165, 1.54) is 0 Å². The fraction of sp³-hybridized carbons (Fsp3) is 0.143. The van der Waals surface area contributed by atoms with Gasteiger partial charge in [0.2, 0.25) is 5.88 Å². The Labute approximate surface area is 117 Å². The van der Waals surface area contributed by atoms with E-state index in [0.717, 1.165) is 11.1 Å². The van der Waals surface area contributed by atoms with Gasteiger partial charge in [-0.2, -0.15) is 0 Å². The van der Waals surface area contributed by atoms with Gasteiger partial charge in [0, 0.05) is 18.7 Å². The van der Waals surface area contributed by atoms with Gasteiger partial charge >= 0.3 is 0 Å². The summed E-state index contributed by atoms with van der Waals surface area (Å²) in [7, 11) is 0. The second-order valence-electron chi connectivity index (χ2n) is 3.63. The van der Waals surface area contributed by atoms with Crippen LogP contribution in [0.5, 0.6) is 5.88 Å². The molecule has 0 saturated carbocycles. The molecule has 0 spiro atoms. The van der Waals surface area contributed by atoms with E-state index in [4.69, 9.17) is 21.5 Å². The Kier molecular flexibility index (Phi) is 6.39. The van der Waals surface area contributed by atoms with Gasteiger partial charge in [0.25, 0.3) is 0 Å². The van der Waals surface area contributed by atoms with Crippen molar-refractivity contribution in [1.82, 2.24) is 4.98 Å². The van der Waals surface area contributed by atoms with Gasteiger partial charge in [-0.3, -0.25) is 0 Å². The van der Waals surface area contributed by atoms with Gasteiger partial charge < -0.3 is 9.94 Å². The molecule has 0 atom stereocenters. The highest BCUT2D eigenvalue weighted by Crippen LogP contribution is 2.11. The number of oxime groups is 1. The van der Waals surface area contributed by atoms with Crippen molar-refractivity contribution >= 4 is 16.8 Å². The number of pyridine rings is 1. The van der Waals surface area contributed by atoms with E-state index in [-0.39, 0.29) is 5.17 Å². The summed E-state index contributed by atoms with van der Waals surface area (Å²) in [5.41, 5.74) is 1.75. The Morgan fingerprint density at radius 2 is 2.26 bits per heavy atom. The van der Waals surface area contributed by atoms with Crippen LogP contribution >= 0.6 is 11.6 Å². The highest BCUT2D eigenvalue weighted by molar-refractivity contribution is 6.65. The largest absolute Gasteiger partial charge is 0.473 e. The molecular weight excluding hydrogens is 264 g/mol. The van der Waals surface area contributed by atoms with Crippen LogP contribution in [0.15, 0.2) is 60.4 Å². The van der Waals surface area contributed by atoms with Gasteiger partial charge in [0.05, 0.1) is 0 Å². The molecule has 4 nitrogen and oxygen atoms in total. The number of halogens is 1. The average molecular weight is 279 g/mol. The van der Waals surface area contributed by atoms with Crippen molar-refractivity contribution in [3.8, 4) is 5.88 Å². The average Bonchev–Trinajstić information content (AvgIpc) is 2.44. The van der Waals surface area contributed by atoms with Crippen LogP contribution in [-0.2, 0) is 6.42 Å². The number of aromatic nitrogens is 1. The predicted octanol–water partition coefficient (Wildman–Crippen LogP) is 3.33. The summed E-state index contributed by atoms with van der Waals surface area (Å²) in [5.74, 6) is 0.498. The van der Waals surface area contributed by atoms with Crippen LogP contribution in [0.3, 0.4) is 0 Å². The van der Waals surface area contributed by atoms with Crippen LogP contribution in [0, 0.1) is 0 Å². The van der Waals surface area contributed by atoms with Crippen molar-refractivity contribution in [2.24, 2.45) is 5.16 Å². The molecule has 0 saturated heterocycles. The lowest BCUT2D eigenvalue weighted by molar-refractivity contribution is 0.319. The fourth-order valence-corrected chi connectivity index (χ4v) is 1.44. The summed E-state index contributed by atoms with van der Waals surface area (Å²) in [6, 6.07) is 3.53. The Morgan fingerprint density at radius 3 is 2.79 bits per heavy atom. The van der Waals surface area contributed by atoms with Crippen molar-refractivity contribution in [2.45, 2.75) is 6.42 Å². The van der Waals surface area contributed by atoms with E-state index >= 15 is 0 Å². The molecule has 0 aliphatic heterocycles. The van der Waals surface area contributed by atoms with E-state index in [2.05, 4.69) is 23.3 Å². The number of hydrogen-bond donors (Lipinski definition) is 1. The van der Waals surface area contributed by atoms with Crippen molar-refractivity contribution < 1.29 is 9.94 Å². The lowest BCUT2D eigenvalue weighted by atomic mass is 10.2. The first-order valence-electron chi connectivity index (χ1n) is 5.57. The molecule has 1 N–H and O–H groups in total. The van der Waals surface area contributed by atoms with Crippen molar-refractivity contribution in [2.75, 3.05) is 6.61 Å². The molecule has 1 aromatic heterocycles. The normalized spacial score (nSPS) is 12.1. The highest BCUT2D eigenvalue weighted by atomic mass is 35.5. The molecule has 19 heavy (non-hydrogen) atoms. The highest BCUT2D eigenvalue weighted by Gasteiger charge is 2.01. The monoisotopic (exact) mass is 278 g/mol. The van der Waals surface area contributed by atoms with Crippen LogP contribution in [-0.4, -0.2) is 22.0 Å². The first kappa shape index (κ1) is 15.0. The van der Waals surface area contributed by atoms with Crippen molar-refractivity contribution in [1.29, 1.82) is 0 Å². The van der Waals surface area contributed by atoms with E-state index in [0.29, 0.717) is 18.9 Å². The first-order valence-corrected chi connectivity index (χ1v) is 5.95. The third-order valence-electron chi connectivity index (χ3n) is 2.24. The number of nitrogens with zero attached hydrogens (tertiary/aromatic N) is 2. The molecule has 0 fully saturated rings. The van der Waals surface area contributed by atoms with Crippen LogP contribution in [0.2, 0.25) is 0 Å². The summed E-state index contributed by atoms with van der Waals surface area (Å²) in [6.07, 6.45) is 7.15. The molecule has 100 valence electrons. The first-order chi connectivity index (χ1) is 9.19. The van der Waals surface area contributed by atoms with E-state index in [1.54, 1.807) is 30.5 Å². The molecule has 1 aromatic rings. The van der Waals surface area contributed by atoms with E-state index < -0.39 is 0 Å². The van der Waals surface area contributed by atoms with Crippen LogP contribution < -0.4 is 4.74 Å². The molecule has 0 aliphatic rings. The lowest BCUT2D eigenvalue weighted by Gasteiger charge is -2.06. The fourth-order valence-electron chi connectivity index (χ4n) is 1.29. The van der Waals surface area contributed by atoms with Crippen molar-refractivity contribution in [3.05, 3.63) is 60.9 Å². The third kappa shape index (κ3) is 5.40. The zero-order valence-corrected chi connectivity index (χ0v) is 11.2. The van der Waals surface area contributed by atoms with Crippen LogP contribution in [0.4, 0.5) is 0 Å². The second-order valence-corrected chi connectivity index (χ2v) is 4.06. The molecule has 0 bridgehead atoms. The molecule has 0 unspecified atom stereocenters. The molecule has 0 aromatic carbocycles. The molecule has 5 heteroatoms. The maximum absolute atomic E-state index is 8.46. The second kappa shape index (κ2) is 8.11. The molecular formula is C14H15ClN2O2. The smallest absolute Gasteiger partial charge is 0.213 e. The van der Waals surface area contributed by atoms with Crippen molar-refractivity contribution in [3.63, 3.8) is 0 Å². The summed E-state index contributed by atoms with van der Waals surface area (Å²) in [6.45, 7) is 7.67. The quantitative estimate of drug-likeness (QED) is 0.360. The van der Waals surface area contributed by atoms with E-state index in [9.17, 15) is 0 Å². The molecule has 1 heterocycles. The SMILES string of the molecule is C=C/C=C(\C=C)COc1ccc(C/C(Cl)=N/O)cn1. The minimum Gasteiger partial charge on any atom is -0.473 e. The minimum absolute atomic E-state index is 0.110. The van der Waals surface area contributed by atoms with Gasteiger partial charge in [0.1, 0.15) is 11.8 Å². The molecule has 1 rings (SSSR count). The zero-order chi connectivity index (χ0) is 14.1. The summed E-state index contributed by atoms with van der Waals surface area (Å²) in [4.78, 5) is 4.13.